The van der Waals surface area contributed by atoms with Crippen LogP contribution in [0.5, 0.6) is 0 Å². The van der Waals surface area contributed by atoms with E-state index in [0.29, 0.717) is 44.9 Å². The lowest BCUT2D eigenvalue weighted by Crippen LogP contribution is -2.05. The van der Waals surface area contributed by atoms with Gasteiger partial charge in [-0.15, -0.1) is 0 Å². The average Bonchev–Trinajstić information content (AvgIpc) is 3.90. The Labute approximate surface area is 394 Å². The lowest BCUT2D eigenvalue weighted by atomic mass is 9.93. The largest absolute Gasteiger partial charge is 0.416 e. The molecule has 9 aromatic carbocycles. The fourth-order valence-electron chi connectivity index (χ4n) is 9.73. The summed E-state index contributed by atoms with van der Waals surface area (Å²) in [6, 6.07) is 68.2. The molecule has 0 radical (unpaired) electrons. The zero-order chi connectivity index (χ0) is 46.8. The van der Waals surface area contributed by atoms with Crippen molar-refractivity contribution < 1.29 is 13.2 Å². The molecule has 3 aromatic heterocycles. The van der Waals surface area contributed by atoms with Gasteiger partial charge in [-0.25, -0.2) is 15.0 Å². The van der Waals surface area contributed by atoms with Gasteiger partial charge in [-0.3, -0.25) is 0 Å². The quantitative estimate of drug-likeness (QED) is 0.160. The number of fused-ring (bicyclic) bond motifs is 6. The number of benzene rings is 9. The van der Waals surface area contributed by atoms with Crippen molar-refractivity contribution >= 4 is 43.6 Å². The molecule has 0 aliphatic rings. The van der Waals surface area contributed by atoms with Crippen molar-refractivity contribution in [2.24, 2.45) is 0 Å². The van der Waals surface area contributed by atoms with Gasteiger partial charge in [0.15, 0.2) is 17.5 Å². The third-order valence-corrected chi connectivity index (χ3v) is 12.9. The molecular weight excluding hydrogens is 862 g/mol. The predicted molar refractivity (Wildman–Crippen MR) is 270 cm³/mol. The number of para-hydroxylation sites is 2. The van der Waals surface area contributed by atoms with Crippen molar-refractivity contribution in [1.29, 1.82) is 5.26 Å². The van der Waals surface area contributed by atoms with Gasteiger partial charge in [0.1, 0.15) is 0 Å². The molecule has 328 valence electrons. The molecule has 9 heteroatoms. The summed E-state index contributed by atoms with van der Waals surface area (Å²) in [6.45, 7) is 2.09. The van der Waals surface area contributed by atoms with Gasteiger partial charge in [0.2, 0.25) is 0 Å². The van der Waals surface area contributed by atoms with Crippen molar-refractivity contribution in [3.05, 3.63) is 223 Å². The van der Waals surface area contributed by atoms with E-state index in [9.17, 15) is 18.4 Å². The van der Waals surface area contributed by atoms with Gasteiger partial charge in [0, 0.05) is 49.4 Å². The maximum atomic E-state index is 14.4. The van der Waals surface area contributed by atoms with Gasteiger partial charge in [-0.05, 0) is 96.9 Å². The second-order valence-electron chi connectivity index (χ2n) is 17.1. The van der Waals surface area contributed by atoms with E-state index in [1.54, 1.807) is 12.1 Å². The molecule has 69 heavy (non-hydrogen) atoms. The maximum Gasteiger partial charge on any atom is 0.416 e. The van der Waals surface area contributed by atoms with E-state index in [-0.39, 0.29) is 0 Å². The van der Waals surface area contributed by atoms with E-state index in [4.69, 9.17) is 15.0 Å². The molecule has 0 saturated heterocycles. The summed E-state index contributed by atoms with van der Waals surface area (Å²) in [4.78, 5) is 15.3. The van der Waals surface area contributed by atoms with Gasteiger partial charge in [-0.2, -0.15) is 18.4 Å². The van der Waals surface area contributed by atoms with Gasteiger partial charge >= 0.3 is 6.18 Å². The highest BCUT2D eigenvalue weighted by atomic mass is 19.4. The molecule has 12 aromatic rings. The molecule has 6 nitrogen and oxygen atoms in total. The van der Waals surface area contributed by atoms with Crippen LogP contribution >= 0.6 is 0 Å². The van der Waals surface area contributed by atoms with Crippen molar-refractivity contribution in [2.75, 3.05) is 0 Å². The summed E-state index contributed by atoms with van der Waals surface area (Å²) in [5, 5.41) is 13.7. The van der Waals surface area contributed by atoms with Crippen LogP contribution in [0.25, 0.3) is 111 Å². The molecule has 0 fully saturated rings. The van der Waals surface area contributed by atoms with Crippen LogP contribution in [0.4, 0.5) is 13.2 Å². The summed E-state index contributed by atoms with van der Waals surface area (Å²) in [5.41, 5.74) is 11.3. The summed E-state index contributed by atoms with van der Waals surface area (Å²) in [5.74, 6) is 1.49. The number of rotatable bonds is 7. The molecule has 0 N–H and O–H groups in total. The molecule has 0 bridgehead atoms. The van der Waals surface area contributed by atoms with E-state index in [1.165, 1.54) is 6.07 Å². The summed E-state index contributed by atoms with van der Waals surface area (Å²) < 4.78 is 47.5. The Morgan fingerprint density at radius 3 is 1.45 bits per heavy atom. The minimum Gasteiger partial charge on any atom is -0.309 e. The molecule has 0 saturated carbocycles. The lowest BCUT2D eigenvalue weighted by molar-refractivity contribution is -0.137. The summed E-state index contributed by atoms with van der Waals surface area (Å²) in [7, 11) is 0. The van der Waals surface area contributed by atoms with Gasteiger partial charge in [-0.1, -0.05) is 133 Å². The molecule has 0 aliphatic carbocycles. The van der Waals surface area contributed by atoms with Crippen LogP contribution in [0, 0.1) is 18.3 Å². The number of alkyl halides is 3. The van der Waals surface area contributed by atoms with E-state index in [2.05, 4.69) is 76.7 Å². The second kappa shape index (κ2) is 16.3. The SMILES string of the molecule is Cc1ccc2c(c1)c1ccccc1n2-c1ccc(-c2nc(-c3ccccc3)nc(-c3ccccc3)n2)cc1-c1cc(-c2ccccc2C#N)ccc1-n1c2ccccc2c2cc(C(F)(F)F)ccc21. The molecule has 0 aliphatic heterocycles. The molecule has 0 spiro atoms. The van der Waals surface area contributed by atoms with Crippen LogP contribution in [-0.4, -0.2) is 24.1 Å². The predicted octanol–water partition coefficient (Wildman–Crippen LogP) is 15.6. The Hall–Kier alpha value is -9.13. The first-order chi connectivity index (χ1) is 33.7. The van der Waals surface area contributed by atoms with Crippen LogP contribution in [0.3, 0.4) is 0 Å². The molecular formula is C60H37F3N6. The normalized spacial score (nSPS) is 11.8. The number of halogens is 3. The average molecular weight is 899 g/mol. The van der Waals surface area contributed by atoms with Crippen LogP contribution in [0.2, 0.25) is 0 Å². The van der Waals surface area contributed by atoms with Crippen molar-refractivity contribution in [2.45, 2.75) is 13.1 Å². The molecule has 0 atom stereocenters. The number of hydrogen-bond donors (Lipinski definition) is 0. The van der Waals surface area contributed by atoms with Gasteiger partial charge in [0.25, 0.3) is 0 Å². The third kappa shape index (κ3) is 7.09. The number of nitrogens with zero attached hydrogens (tertiary/aromatic N) is 6. The van der Waals surface area contributed by atoms with Gasteiger partial charge < -0.3 is 9.13 Å². The Morgan fingerprint density at radius 1 is 0.406 bits per heavy atom. The Kier molecular flexibility index (Phi) is 9.78. The lowest BCUT2D eigenvalue weighted by Gasteiger charge is -2.21. The van der Waals surface area contributed by atoms with Gasteiger partial charge in [0.05, 0.1) is 50.6 Å². The standard InChI is InChI=1S/C60H37F3N6/c1-37-24-28-53-47(32-37)45-20-10-12-22-51(45)68(53)55-30-26-41(59-66-57(38-14-4-2-5-15-38)65-58(67-59)39-16-6-3-7-17-39)34-49(55)48-33-40(44-19-9-8-18-42(44)36-64)25-29-54(48)69-52-23-13-11-21-46(52)50-35-43(60(61,62)63)27-31-56(50)69/h2-35H,1H3. The topological polar surface area (TPSA) is 72.3 Å². The minimum atomic E-state index is -4.54. The highest BCUT2D eigenvalue weighted by molar-refractivity contribution is 6.12. The van der Waals surface area contributed by atoms with E-state index < -0.39 is 11.7 Å². The van der Waals surface area contributed by atoms with Crippen LogP contribution < -0.4 is 0 Å². The first-order valence-electron chi connectivity index (χ1n) is 22.5. The Balaban J connectivity index is 1.22. The van der Waals surface area contributed by atoms with Crippen molar-refractivity contribution in [3.63, 3.8) is 0 Å². The minimum absolute atomic E-state index is 0.456. The molecule has 0 amide bonds. The number of aryl methyl sites for hydroxylation is 1. The zero-order valence-corrected chi connectivity index (χ0v) is 36.9. The second-order valence-corrected chi connectivity index (χ2v) is 17.1. The zero-order valence-electron chi connectivity index (χ0n) is 36.9. The molecule has 12 rings (SSSR count). The maximum absolute atomic E-state index is 14.4. The van der Waals surface area contributed by atoms with Crippen LogP contribution in [0.1, 0.15) is 16.7 Å². The number of aromatic nitrogens is 5. The van der Waals surface area contributed by atoms with E-state index >= 15 is 0 Å². The number of hydrogen-bond acceptors (Lipinski definition) is 4. The van der Waals surface area contributed by atoms with Crippen LogP contribution in [0.15, 0.2) is 206 Å². The molecule has 0 unspecified atom stereocenters. The van der Waals surface area contributed by atoms with Crippen molar-refractivity contribution in [3.8, 4) is 73.9 Å². The third-order valence-electron chi connectivity index (χ3n) is 12.9. The summed E-state index contributed by atoms with van der Waals surface area (Å²) in [6.07, 6.45) is -4.54. The number of nitriles is 1. The smallest absolute Gasteiger partial charge is 0.309 e. The first kappa shape index (κ1) is 41.3. The van der Waals surface area contributed by atoms with E-state index in [0.717, 1.165) is 83.7 Å². The summed E-state index contributed by atoms with van der Waals surface area (Å²) >= 11 is 0. The van der Waals surface area contributed by atoms with Crippen LogP contribution in [-0.2, 0) is 6.18 Å². The Morgan fingerprint density at radius 2 is 0.870 bits per heavy atom. The highest BCUT2D eigenvalue weighted by Gasteiger charge is 2.31. The Bertz CT molecular complexity index is 3970. The fourth-order valence-corrected chi connectivity index (χ4v) is 9.73. The molecule has 3 heterocycles. The first-order valence-corrected chi connectivity index (χ1v) is 22.5. The monoisotopic (exact) mass is 898 g/mol. The van der Waals surface area contributed by atoms with E-state index in [1.807, 2.05) is 127 Å². The van der Waals surface area contributed by atoms with Crippen molar-refractivity contribution in [1.82, 2.24) is 24.1 Å². The highest BCUT2D eigenvalue weighted by Crippen LogP contribution is 2.45. The fraction of sp³-hybridized carbons (Fsp3) is 0.0333.